The number of anilines is 2. The summed E-state index contributed by atoms with van der Waals surface area (Å²) in [5.41, 5.74) is 11.9. The average Bonchev–Trinajstić information content (AvgIpc) is 2.29. The summed E-state index contributed by atoms with van der Waals surface area (Å²) in [6.45, 7) is -0.212. The molecule has 0 spiro atoms. The first kappa shape index (κ1) is 14.2. The van der Waals surface area contributed by atoms with Crippen molar-refractivity contribution in [3.05, 3.63) is 23.8 Å². The fourth-order valence-electron chi connectivity index (χ4n) is 1.35. The first-order valence-electron chi connectivity index (χ1n) is 5.30. The molecule has 0 heterocycles. The lowest BCUT2D eigenvalue weighted by Crippen LogP contribution is -2.17. The third-order valence-electron chi connectivity index (χ3n) is 2.11. The second-order valence-corrected chi connectivity index (χ2v) is 3.56. The molecule has 1 rings (SSSR count). The summed E-state index contributed by atoms with van der Waals surface area (Å²) < 4.78 is 28.2. The quantitative estimate of drug-likeness (QED) is 0.504. The molecule has 100 valence electrons. The number of benzene rings is 1. The molecular weight excluding hydrogens is 244 g/mol. The number of hydrogen-bond acceptors (Lipinski definition) is 4. The summed E-state index contributed by atoms with van der Waals surface area (Å²) in [4.78, 5) is 11.1. The van der Waals surface area contributed by atoms with Gasteiger partial charge in [0.15, 0.2) is 0 Å². The van der Waals surface area contributed by atoms with Crippen LogP contribution in [0, 0.1) is 0 Å². The Morgan fingerprint density at radius 2 is 2.17 bits per heavy atom. The molecule has 1 aromatic carbocycles. The number of carbonyl (C=O) groups is 1. The summed E-state index contributed by atoms with van der Waals surface area (Å²) in [6.07, 6.45) is -2.48. The van der Waals surface area contributed by atoms with Gasteiger partial charge in [0.25, 0.3) is 12.3 Å². The lowest BCUT2D eigenvalue weighted by molar-refractivity contribution is 0.0215. The van der Waals surface area contributed by atoms with Gasteiger partial charge < -0.3 is 21.5 Å². The summed E-state index contributed by atoms with van der Waals surface area (Å²) in [6, 6.07) is 4.65. The van der Waals surface area contributed by atoms with Crippen molar-refractivity contribution in [2.45, 2.75) is 6.43 Å². The third kappa shape index (κ3) is 4.54. The summed E-state index contributed by atoms with van der Waals surface area (Å²) in [5, 5.41) is 2.87. The molecule has 0 radical (unpaired) electrons. The maximum atomic E-state index is 11.8. The molecule has 0 bridgehead atoms. The number of rotatable bonds is 7. The van der Waals surface area contributed by atoms with Crippen LogP contribution in [-0.2, 0) is 4.74 Å². The van der Waals surface area contributed by atoms with E-state index in [1.807, 2.05) is 0 Å². The van der Waals surface area contributed by atoms with E-state index in [0.717, 1.165) is 0 Å². The number of hydrogen-bond donors (Lipinski definition) is 3. The SMILES string of the molecule is NC(=O)c1cc(N)ccc1NCCOCC(F)F. The van der Waals surface area contributed by atoms with Gasteiger partial charge in [0, 0.05) is 17.9 Å². The van der Waals surface area contributed by atoms with Gasteiger partial charge in [-0.25, -0.2) is 8.78 Å². The first-order chi connectivity index (χ1) is 8.50. The molecular formula is C11H15F2N3O2. The van der Waals surface area contributed by atoms with E-state index in [4.69, 9.17) is 11.5 Å². The van der Waals surface area contributed by atoms with E-state index in [9.17, 15) is 13.6 Å². The Bertz CT molecular complexity index is 413. The predicted octanol–water partition coefficient (Wildman–Crippen LogP) is 1.06. The minimum Gasteiger partial charge on any atom is -0.399 e. The number of primary amides is 1. The minimum absolute atomic E-state index is 0.104. The van der Waals surface area contributed by atoms with Crippen molar-refractivity contribution in [2.24, 2.45) is 5.73 Å². The normalized spacial score (nSPS) is 10.6. The van der Waals surface area contributed by atoms with E-state index in [0.29, 0.717) is 11.4 Å². The summed E-state index contributed by atoms with van der Waals surface area (Å²) in [5.74, 6) is -0.613. The highest BCUT2D eigenvalue weighted by Crippen LogP contribution is 2.18. The van der Waals surface area contributed by atoms with Gasteiger partial charge in [-0.3, -0.25) is 4.79 Å². The number of alkyl halides is 2. The van der Waals surface area contributed by atoms with Gasteiger partial charge in [-0.05, 0) is 18.2 Å². The molecule has 0 aliphatic carbocycles. The van der Waals surface area contributed by atoms with Crippen molar-refractivity contribution < 1.29 is 18.3 Å². The van der Waals surface area contributed by atoms with Crippen LogP contribution in [0.3, 0.4) is 0 Å². The van der Waals surface area contributed by atoms with Crippen LogP contribution in [0.15, 0.2) is 18.2 Å². The van der Waals surface area contributed by atoms with Crippen molar-refractivity contribution in [2.75, 3.05) is 30.8 Å². The van der Waals surface area contributed by atoms with Gasteiger partial charge >= 0.3 is 0 Å². The number of nitrogens with two attached hydrogens (primary N) is 2. The molecule has 18 heavy (non-hydrogen) atoms. The number of nitrogen functional groups attached to an aromatic ring is 1. The summed E-state index contributed by atoms with van der Waals surface area (Å²) in [7, 11) is 0. The molecule has 5 nitrogen and oxygen atoms in total. The molecule has 0 saturated carbocycles. The van der Waals surface area contributed by atoms with Gasteiger partial charge in [0.05, 0.1) is 12.2 Å². The van der Waals surface area contributed by atoms with Crippen LogP contribution in [0.2, 0.25) is 0 Å². The van der Waals surface area contributed by atoms with Crippen LogP contribution in [0.1, 0.15) is 10.4 Å². The number of carbonyl (C=O) groups excluding carboxylic acids is 1. The van der Waals surface area contributed by atoms with Crippen LogP contribution in [0.4, 0.5) is 20.2 Å². The van der Waals surface area contributed by atoms with Crippen molar-refractivity contribution in [1.29, 1.82) is 0 Å². The van der Waals surface area contributed by atoms with Crippen LogP contribution in [0.25, 0.3) is 0 Å². The van der Waals surface area contributed by atoms with E-state index in [-0.39, 0.29) is 18.7 Å². The zero-order chi connectivity index (χ0) is 13.5. The smallest absolute Gasteiger partial charge is 0.261 e. The highest BCUT2D eigenvalue weighted by molar-refractivity contribution is 5.99. The zero-order valence-corrected chi connectivity index (χ0v) is 9.66. The molecule has 7 heteroatoms. The minimum atomic E-state index is -2.48. The van der Waals surface area contributed by atoms with Gasteiger partial charge in [0.1, 0.15) is 6.61 Å². The van der Waals surface area contributed by atoms with Gasteiger partial charge in [-0.15, -0.1) is 0 Å². The molecule has 0 atom stereocenters. The lowest BCUT2D eigenvalue weighted by Gasteiger charge is -2.11. The Balaban J connectivity index is 2.49. The Labute approximate surface area is 103 Å². The number of halogens is 2. The Morgan fingerprint density at radius 3 is 2.78 bits per heavy atom. The number of ether oxygens (including phenoxy) is 1. The van der Waals surface area contributed by atoms with Crippen molar-refractivity contribution in [3.63, 3.8) is 0 Å². The largest absolute Gasteiger partial charge is 0.399 e. The molecule has 1 amide bonds. The van der Waals surface area contributed by atoms with E-state index >= 15 is 0 Å². The summed E-state index contributed by atoms with van der Waals surface area (Å²) >= 11 is 0. The predicted molar refractivity (Wildman–Crippen MR) is 64.7 cm³/mol. The lowest BCUT2D eigenvalue weighted by atomic mass is 10.1. The monoisotopic (exact) mass is 259 g/mol. The highest BCUT2D eigenvalue weighted by atomic mass is 19.3. The van der Waals surface area contributed by atoms with Gasteiger partial charge in [0.2, 0.25) is 0 Å². The molecule has 0 aromatic heterocycles. The fraction of sp³-hybridized carbons (Fsp3) is 0.364. The second-order valence-electron chi connectivity index (χ2n) is 3.56. The van der Waals surface area contributed by atoms with Crippen molar-refractivity contribution in [3.8, 4) is 0 Å². The Hall–Kier alpha value is -1.89. The van der Waals surface area contributed by atoms with Crippen molar-refractivity contribution in [1.82, 2.24) is 0 Å². The number of nitrogens with one attached hydrogen (secondary N) is 1. The molecule has 0 aliphatic rings. The average molecular weight is 259 g/mol. The standard InChI is InChI=1S/C11H15F2N3O2/c12-10(13)6-18-4-3-16-9-2-1-7(14)5-8(9)11(15)17/h1-2,5,10,16H,3-4,6,14H2,(H2,15,17). The maximum Gasteiger partial charge on any atom is 0.261 e. The molecule has 5 N–H and O–H groups in total. The van der Waals surface area contributed by atoms with E-state index in [1.54, 1.807) is 12.1 Å². The van der Waals surface area contributed by atoms with E-state index < -0.39 is 18.9 Å². The van der Waals surface area contributed by atoms with Crippen LogP contribution < -0.4 is 16.8 Å². The van der Waals surface area contributed by atoms with Gasteiger partial charge in [-0.2, -0.15) is 0 Å². The van der Waals surface area contributed by atoms with E-state index in [1.165, 1.54) is 6.07 Å². The Kier molecular flexibility index (Phi) is 5.31. The van der Waals surface area contributed by atoms with Crippen LogP contribution >= 0.6 is 0 Å². The van der Waals surface area contributed by atoms with Crippen LogP contribution in [-0.4, -0.2) is 32.1 Å². The third-order valence-corrected chi connectivity index (χ3v) is 2.11. The second kappa shape index (κ2) is 6.75. The van der Waals surface area contributed by atoms with Gasteiger partial charge in [-0.1, -0.05) is 0 Å². The van der Waals surface area contributed by atoms with E-state index in [2.05, 4.69) is 10.1 Å². The fourth-order valence-corrected chi connectivity index (χ4v) is 1.35. The molecule has 0 fully saturated rings. The van der Waals surface area contributed by atoms with Crippen LogP contribution in [0.5, 0.6) is 0 Å². The Morgan fingerprint density at radius 1 is 1.44 bits per heavy atom. The maximum absolute atomic E-state index is 11.8. The highest BCUT2D eigenvalue weighted by Gasteiger charge is 2.08. The topological polar surface area (TPSA) is 90.4 Å². The van der Waals surface area contributed by atoms with Crippen molar-refractivity contribution >= 4 is 17.3 Å². The molecule has 0 unspecified atom stereocenters. The molecule has 1 aromatic rings. The first-order valence-corrected chi connectivity index (χ1v) is 5.30. The molecule has 0 aliphatic heterocycles. The zero-order valence-electron chi connectivity index (χ0n) is 9.66. The molecule has 0 saturated heterocycles. The number of amides is 1.